The number of rotatable bonds is 3. The van der Waals surface area contributed by atoms with Gasteiger partial charge in [0.1, 0.15) is 5.65 Å². The summed E-state index contributed by atoms with van der Waals surface area (Å²) in [6, 6.07) is 10.3. The zero-order chi connectivity index (χ0) is 16.4. The number of hydrogen-bond acceptors (Lipinski definition) is 5. The highest BCUT2D eigenvalue weighted by Crippen LogP contribution is 2.25. The minimum atomic E-state index is -0.388. The Morgan fingerprint density at radius 3 is 2.61 bits per heavy atom. The molecule has 0 radical (unpaired) electrons. The summed E-state index contributed by atoms with van der Waals surface area (Å²) in [5, 5.41) is 9.03. The highest BCUT2D eigenvalue weighted by molar-refractivity contribution is 6.30. The number of methoxy groups -OCH3 is 1. The van der Waals surface area contributed by atoms with E-state index in [-0.39, 0.29) is 5.97 Å². The lowest BCUT2D eigenvalue weighted by molar-refractivity contribution is 0.0601. The second kappa shape index (κ2) is 6.18. The summed E-state index contributed by atoms with van der Waals surface area (Å²) >= 11 is 6.01. The molecule has 0 unspecified atom stereocenters. The molecule has 116 valence electrons. The number of aryl methyl sites for hydroxylation is 1. The number of carbonyl (C=O) groups is 1. The van der Waals surface area contributed by atoms with Gasteiger partial charge in [0.05, 0.1) is 29.1 Å². The Kier molecular flexibility index (Phi) is 4.08. The lowest BCUT2D eigenvalue weighted by atomic mass is 10.2. The Hall–Kier alpha value is -2.73. The van der Waals surface area contributed by atoms with Crippen molar-refractivity contribution in [2.24, 2.45) is 10.2 Å². The van der Waals surface area contributed by atoms with E-state index < -0.39 is 0 Å². The van der Waals surface area contributed by atoms with E-state index in [1.165, 1.54) is 7.11 Å². The van der Waals surface area contributed by atoms with Gasteiger partial charge in [-0.3, -0.25) is 4.40 Å². The number of halogens is 1. The van der Waals surface area contributed by atoms with Gasteiger partial charge in [0, 0.05) is 6.20 Å². The third-order valence-electron chi connectivity index (χ3n) is 3.27. The van der Waals surface area contributed by atoms with Gasteiger partial charge in [-0.05, 0) is 43.3 Å². The maximum absolute atomic E-state index is 11.4. The van der Waals surface area contributed by atoms with E-state index in [1.54, 1.807) is 40.9 Å². The molecule has 7 heteroatoms. The zero-order valence-corrected chi connectivity index (χ0v) is 13.3. The molecule has 0 aliphatic rings. The Morgan fingerprint density at radius 2 is 1.91 bits per heavy atom. The maximum Gasteiger partial charge on any atom is 0.337 e. The van der Waals surface area contributed by atoms with Crippen LogP contribution < -0.4 is 0 Å². The normalized spacial score (nSPS) is 11.3. The van der Waals surface area contributed by atoms with E-state index in [0.29, 0.717) is 22.1 Å². The van der Waals surface area contributed by atoms with Gasteiger partial charge in [-0.1, -0.05) is 11.6 Å². The molecular formula is C16H13ClN4O2. The van der Waals surface area contributed by atoms with Gasteiger partial charge in [-0.2, -0.15) is 0 Å². The molecule has 0 bridgehead atoms. The van der Waals surface area contributed by atoms with Gasteiger partial charge < -0.3 is 4.74 Å². The van der Waals surface area contributed by atoms with Crippen molar-refractivity contribution in [2.45, 2.75) is 6.92 Å². The highest BCUT2D eigenvalue weighted by Gasteiger charge is 2.08. The zero-order valence-electron chi connectivity index (χ0n) is 12.5. The van der Waals surface area contributed by atoms with Gasteiger partial charge in [0.15, 0.2) is 5.82 Å². The van der Waals surface area contributed by atoms with Crippen molar-refractivity contribution in [2.75, 3.05) is 7.11 Å². The standard InChI is InChI=1S/C16H13ClN4O2/c1-10-15(21-9-12(17)5-8-14(21)18-10)20-19-13-6-3-11(4-7-13)16(22)23-2/h3-9H,1-2H3. The Labute approximate surface area is 137 Å². The van der Waals surface area contributed by atoms with Crippen molar-refractivity contribution in [1.29, 1.82) is 0 Å². The number of pyridine rings is 1. The molecule has 6 nitrogen and oxygen atoms in total. The van der Waals surface area contributed by atoms with E-state index in [0.717, 1.165) is 11.3 Å². The number of aromatic nitrogens is 2. The summed E-state index contributed by atoms with van der Waals surface area (Å²) in [4.78, 5) is 15.8. The Morgan fingerprint density at radius 1 is 1.17 bits per heavy atom. The van der Waals surface area contributed by atoms with E-state index >= 15 is 0 Å². The topological polar surface area (TPSA) is 68.3 Å². The molecule has 0 amide bonds. The van der Waals surface area contributed by atoms with Gasteiger partial charge in [0.25, 0.3) is 0 Å². The molecule has 0 atom stereocenters. The van der Waals surface area contributed by atoms with Crippen molar-refractivity contribution in [1.82, 2.24) is 9.38 Å². The highest BCUT2D eigenvalue weighted by atomic mass is 35.5. The third kappa shape index (κ3) is 3.07. The van der Waals surface area contributed by atoms with Crippen LogP contribution in [0.4, 0.5) is 11.5 Å². The van der Waals surface area contributed by atoms with Crippen LogP contribution in [0.3, 0.4) is 0 Å². The number of ether oxygens (including phenoxy) is 1. The second-order valence-electron chi connectivity index (χ2n) is 4.83. The van der Waals surface area contributed by atoms with E-state index in [9.17, 15) is 4.79 Å². The quantitative estimate of drug-likeness (QED) is 0.525. The number of benzene rings is 1. The largest absolute Gasteiger partial charge is 0.465 e. The first-order chi connectivity index (χ1) is 11.1. The molecule has 0 saturated heterocycles. The van der Waals surface area contributed by atoms with Crippen LogP contribution in [0.1, 0.15) is 16.1 Å². The van der Waals surface area contributed by atoms with Crippen molar-refractivity contribution >= 4 is 34.7 Å². The summed E-state index contributed by atoms with van der Waals surface area (Å²) in [5.41, 5.74) is 2.59. The predicted molar refractivity (Wildman–Crippen MR) is 86.9 cm³/mol. The summed E-state index contributed by atoms with van der Waals surface area (Å²) in [6.45, 7) is 1.86. The fourth-order valence-corrected chi connectivity index (χ4v) is 2.29. The maximum atomic E-state index is 11.4. The first-order valence-corrected chi connectivity index (χ1v) is 7.20. The van der Waals surface area contributed by atoms with Gasteiger partial charge in [-0.25, -0.2) is 9.78 Å². The van der Waals surface area contributed by atoms with Crippen LogP contribution in [0, 0.1) is 6.92 Å². The lowest BCUT2D eigenvalue weighted by Gasteiger charge is -1.99. The predicted octanol–water partition coefficient (Wildman–Crippen LogP) is 4.50. The van der Waals surface area contributed by atoms with Crippen LogP contribution in [0.5, 0.6) is 0 Å². The summed E-state index contributed by atoms with van der Waals surface area (Å²) in [5.74, 6) is 0.223. The molecular weight excluding hydrogens is 316 g/mol. The summed E-state index contributed by atoms with van der Waals surface area (Å²) in [7, 11) is 1.34. The fourth-order valence-electron chi connectivity index (χ4n) is 2.13. The first-order valence-electron chi connectivity index (χ1n) is 6.83. The number of carbonyl (C=O) groups excluding carboxylic acids is 1. The molecule has 2 aromatic heterocycles. The first kappa shape index (κ1) is 15.2. The van der Waals surface area contributed by atoms with Crippen LogP contribution in [0.2, 0.25) is 5.02 Å². The van der Waals surface area contributed by atoms with Gasteiger partial charge in [0.2, 0.25) is 0 Å². The average Bonchev–Trinajstić information content (AvgIpc) is 2.87. The smallest absolute Gasteiger partial charge is 0.337 e. The Bertz CT molecular complexity index is 900. The lowest BCUT2D eigenvalue weighted by Crippen LogP contribution is -1.99. The molecule has 0 N–H and O–H groups in total. The van der Waals surface area contributed by atoms with E-state index in [1.807, 2.05) is 13.0 Å². The second-order valence-corrected chi connectivity index (χ2v) is 5.27. The molecule has 23 heavy (non-hydrogen) atoms. The molecule has 3 aromatic rings. The van der Waals surface area contributed by atoms with Crippen molar-refractivity contribution in [3.63, 3.8) is 0 Å². The molecule has 0 aliphatic carbocycles. The van der Waals surface area contributed by atoms with Crippen molar-refractivity contribution in [3.8, 4) is 0 Å². The van der Waals surface area contributed by atoms with Crippen LogP contribution in [-0.2, 0) is 4.74 Å². The number of fused-ring (bicyclic) bond motifs is 1. The molecule has 0 fully saturated rings. The molecule has 0 spiro atoms. The Balaban J connectivity index is 1.92. The molecule has 0 aliphatic heterocycles. The average molecular weight is 329 g/mol. The monoisotopic (exact) mass is 328 g/mol. The fraction of sp³-hybridized carbons (Fsp3) is 0.125. The van der Waals surface area contributed by atoms with Gasteiger partial charge >= 0.3 is 5.97 Å². The number of nitrogens with zero attached hydrogens (tertiary/aromatic N) is 4. The minimum Gasteiger partial charge on any atom is -0.465 e. The number of azo groups is 1. The summed E-state index contributed by atoms with van der Waals surface area (Å²) in [6.07, 6.45) is 1.74. The molecule has 0 saturated carbocycles. The van der Waals surface area contributed by atoms with Gasteiger partial charge in [-0.15, -0.1) is 10.2 Å². The molecule has 3 rings (SSSR count). The summed E-state index contributed by atoms with van der Waals surface area (Å²) < 4.78 is 6.43. The third-order valence-corrected chi connectivity index (χ3v) is 3.50. The van der Waals surface area contributed by atoms with Crippen LogP contribution in [0.25, 0.3) is 5.65 Å². The van der Waals surface area contributed by atoms with Crippen molar-refractivity contribution in [3.05, 3.63) is 58.9 Å². The molecule has 2 heterocycles. The number of esters is 1. The van der Waals surface area contributed by atoms with Crippen LogP contribution in [0.15, 0.2) is 52.8 Å². The minimum absolute atomic E-state index is 0.388. The van der Waals surface area contributed by atoms with Crippen molar-refractivity contribution < 1.29 is 9.53 Å². The molecule has 1 aromatic carbocycles. The SMILES string of the molecule is COC(=O)c1ccc(N=Nc2c(C)nc3ccc(Cl)cn23)cc1. The van der Waals surface area contributed by atoms with E-state index in [2.05, 4.69) is 19.9 Å². The van der Waals surface area contributed by atoms with E-state index in [4.69, 9.17) is 11.6 Å². The van der Waals surface area contributed by atoms with Crippen LogP contribution in [-0.4, -0.2) is 22.5 Å². The number of hydrogen-bond donors (Lipinski definition) is 0. The van der Waals surface area contributed by atoms with Crippen LogP contribution >= 0.6 is 11.6 Å². The number of imidazole rings is 1.